The number of anilines is 2. The fourth-order valence-corrected chi connectivity index (χ4v) is 4.10. The summed E-state index contributed by atoms with van der Waals surface area (Å²) in [6.07, 6.45) is 0.901. The number of carbonyl (C=O) groups excluding carboxylic acids is 3. The maximum Gasteiger partial charge on any atom is 0.343 e. The van der Waals surface area contributed by atoms with Gasteiger partial charge in [0.05, 0.1) is 24.6 Å². The monoisotopic (exact) mass is 516 g/mol. The van der Waals surface area contributed by atoms with E-state index < -0.39 is 35.9 Å². The molecule has 0 radical (unpaired) electrons. The first kappa shape index (κ1) is 25.1. The number of amides is 3. The first-order valence-corrected chi connectivity index (χ1v) is 11.2. The molecular formula is C24H22ClFN4O6. The second-order valence-electron chi connectivity index (χ2n) is 7.91. The lowest BCUT2D eigenvalue weighted by molar-refractivity contribution is -0.119. The molecule has 2 atom stereocenters. The second kappa shape index (κ2) is 10.8. The van der Waals surface area contributed by atoms with Gasteiger partial charge in [-0.1, -0.05) is 29.4 Å². The number of rotatable bonds is 6. The van der Waals surface area contributed by atoms with Gasteiger partial charge in [0.15, 0.2) is 0 Å². The SMILES string of the molecule is COC(=O)c1conc1-c1ccc(NC(=O)C2CC(OC)CN2C(=O)N(Cl)c2ccccc2)c(F)c1. The van der Waals surface area contributed by atoms with Gasteiger partial charge >= 0.3 is 12.0 Å². The molecule has 0 saturated carbocycles. The molecular weight excluding hydrogens is 495 g/mol. The van der Waals surface area contributed by atoms with Crippen molar-refractivity contribution in [3.05, 3.63) is 66.2 Å². The van der Waals surface area contributed by atoms with Gasteiger partial charge in [-0.25, -0.2) is 18.4 Å². The van der Waals surface area contributed by atoms with Crippen LogP contribution in [0.1, 0.15) is 16.8 Å². The van der Waals surface area contributed by atoms with E-state index in [0.717, 1.165) is 16.7 Å². The molecule has 1 fully saturated rings. The number of hydrogen-bond acceptors (Lipinski definition) is 7. The Hall–Kier alpha value is -3.96. The van der Waals surface area contributed by atoms with Crippen molar-refractivity contribution >= 4 is 41.1 Å². The molecule has 4 rings (SSSR count). The molecule has 36 heavy (non-hydrogen) atoms. The third-order valence-electron chi connectivity index (χ3n) is 5.77. The zero-order valence-corrected chi connectivity index (χ0v) is 20.1. The summed E-state index contributed by atoms with van der Waals surface area (Å²) in [5.41, 5.74) is 0.689. The van der Waals surface area contributed by atoms with Gasteiger partial charge in [-0.05, 0) is 24.3 Å². The second-order valence-corrected chi connectivity index (χ2v) is 8.25. The van der Waals surface area contributed by atoms with E-state index in [2.05, 4.69) is 15.2 Å². The lowest BCUT2D eigenvalue weighted by Gasteiger charge is -2.27. The van der Waals surface area contributed by atoms with Crippen molar-refractivity contribution in [3.63, 3.8) is 0 Å². The largest absolute Gasteiger partial charge is 0.465 e. The Balaban J connectivity index is 1.52. The molecule has 2 heterocycles. The number of hydrogen-bond donors (Lipinski definition) is 1. The maximum absolute atomic E-state index is 14.9. The smallest absolute Gasteiger partial charge is 0.343 e. The Morgan fingerprint density at radius 3 is 2.61 bits per heavy atom. The van der Waals surface area contributed by atoms with Gasteiger partial charge in [-0.3, -0.25) is 4.79 Å². The molecule has 1 aromatic heterocycles. The molecule has 3 aromatic rings. The van der Waals surface area contributed by atoms with Gasteiger partial charge in [-0.15, -0.1) is 0 Å². The Bertz CT molecular complexity index is 1270. The van der Waals surface area contributed by atoms with Gasteiger partial charge in [0.2, 0.25) is 5.91 Å². The van der Waals surface area contributed by atoms with E-state index in [0.29, 0.717) is 5.69 Å². The molecule has 1 aliphatic heterocycles. The minimum Gasteiger partial charge on any atom is -0.465 e. The van der Waals surface area contributed by atoms with Crippen molar-refractivity contribution in [2.75, 3.05) is 30.5 Å². The zero-order valence-electron chi connectivity index (χ0n) is 19.3. The summed E-state index contributed by atoms with van der Waals surface area (Å²) in [7, 11) is 2.68. The van der Waals surface area contributed by atoms with Crippen LogP contribution in [0.5, 0.6) is 0 Å². The lowest BCUT2D eigenvalue weighted by atomic mass is 10.1. The number of methoxy groups -OCH3 is 2. The van der Waals surface area contributed by atoms with Gasteiger partial charge in [-0.2, -0.15) is 0 Å². The standard InChI is InChI=1S/C24H22ClFN4O6/c1-34-16-11-20(29(12-16)24(33)30(25)15-6-4-3-5-7-15)22(31)27-19-9-8-14(10-18(19)26)21-17(13-36-28-21)23(32)35-2/h3-10,13,16,20H,11-12H2,1-2H3,(H,27,31). The van der Waals surface area contributed by atoms with Crippen LogP contribution in [0, 0.1) is 5.82 Å². The number of carbonyl (C=O) groups is 3. The first-order valence-electron chi connectivity index (χ1n) is 10.8. The number of esters is 1. The summed E-state index contributed by atoms with van der Waals surface area (Å²) in [6.45, 7) is 0.132. The van der Waals surface area contributed by atoms with Crippen LogP contribution in [0.4, 0.5) is 20.6 Å². The zero-order chi connectivity index (χ0) is 25.8. The molecule has 0 aliphatic carbocycles. The third-order valence-corrected chi connectivity index (χ3v) is 6.11. The number of aromatic nitrogens is 1. The minimum absolute atomic E-state index is 0.0310. The molecule has 0 spiro atoms. The van der Waals surface area contributed by atoms with Gasteiger partial charge in [0.25, 0.3) is 0 Å². The number of nitrogens with one attached hydrogen (secondary N) is 1. The van der Waals surface area contributed by atoms with Gasteiger partial charge in [0.1, 0.15) is 29.4 Å². The minimum atomic E-state index is -0.951. The molecule has 3 amide bonds. The van der Waals surface area contributed by atoms with Crippen LogP contribution in [0.3, 0.4) is 0 Å². The van der Waals surface area contributed by atoms with E-state index in [1.54, 1.807) is 30.3 Å². The summed E-state index contributed by atoms with van der Waals surface area (Å²) >= 11 is 6.26. The predicted molar refractivity (Wildman–Crippen MR) is 128 cm³/mol. The molecule has 2 unspecified atom stereocenters. The lowest BCUT2D eigenvalue weighted by Crippen LogP contribution is -2.47. The average molecular weight is 517 g/mol. The quantitative estimate of drug-likeness (QED) is 0.388. The normalized spacial score (nSPS) is 17.1. The number of benzene rings is 2. The molecule has 0 bridgehead atoms. The van der Waals surface area contributed by atoms with Crippen molar-refractivity contribution in [2.24, 2.45) is 0 Å². The Kier molecular flexibility index (Phi) is 7.51. The number of para-hydroxylation sites is 1. The fraction of sp³-hybridized carbons (Fsp3) is 0.250. The summed E-state index contributed by atoms with van der Waals surface area (Å²) in [4.78, 5) is 39.4. The number of halogens is 2. The van der Waals surface area contributed by atoms with Crippen molar-refractivity contribution in [2.45, 2.75) is 18.6 Å². The predicted octanol–water partition coefficient (Wildman–Crippen LogP) is 4.08. The van der Waals surface area contributed by atoms with E-state index in [1.807, 2.05) is 0 Å². The number of likely N-dealkylation sites (tertiary alicyclic amines) is 1. The highest BCUT2D eigenvalue weighted by Crippen LogP contribution is 2.29. The highest BCUT2D eigenvalue weighted by atomic mass is 35.5. The summed E-state index contributed by atoms with van der Waals surface area (Å²) < 4.78 is 30.7. The Labute approximate surface area is 210 Å². The highest BCUT2D eigenvalue weighted by molar-refractivity contribution is 6.36. The molecule has 1 aliphatic rings. The third kappa shape index (κ3) is 5.02. The molecule has 10 nitrogen and oxygen atoms in total. The van der Waals surface area contributed by atoms with Gasteiger partial charge < -0.3 is 24.2 Å². The van der Waals surface area contributed by atoms with Gasteiger partial charge in [0, 0.05) is 37.4 Å². The number of ether oxygens (including phenoxy) is 2. The summed E-state index contributed by atoms with van der Waals surface area (Å²) in [5, 5.41) is 6.25. The van der Waals surface area contributed by atoms with E-state index in [-0.39, 0.29) is 35.5 Å². The van der Waals surface area contributed by atoms with Crippen LogP contribution < -0.4 is 9.74 Å². The number of nitrogens with zero attached hydrogens (tertiary/aromatic N) is 3. The molecule has 1 N–H and O–H groups in total. The van der Waals surface area contributed by atoms with Crippen molar-refractivity contribution < 1.29 is 32.8 Å². The van der Waals surface area contributed by atoms with Crippen LogP contribution >= 0.6 is 11.8 Å². The maximum atomic E-state index is 14.9. The van der Waals surface area contributed by atoms with Crippen LogP contribution in [-0.2, 0) is 14.3 Å². The van der Waals surface area contributed by atoms with Crippen LogP contribution in [0.25, 0.3) is 11.3 Å². The fourth-order valence-electron chi connectivity index (χ4n) is 3.89. The van der Waals surface area contributed by atoms with Crippen LogP contribution in [-0.4, -0.2) is 60.9 Å². The van der Waals surface area contributed by atoms with E-state index in [1.165, 1.54) is 31.3 Å². The highest BCUT2D eigenvalue weighted by Gasteiger charge is 2.42. The van der Waals surface area contributed by atoms with Crippen molar-refractivity contribution in [1.82, 2.24) is 10.1 Å². The van der Waals surface area contributed by atoms with Crippen LogP contribution in [0.15, 0.2) is 59.3 Å². The molecule has 12 heteroatoms. The molecule has 2 aromatic carbocycles. The number of urea groups is 1. The van der Waals surface area contributed by atoms with E-state index >= 15 is 0 Å². The topological polar surface area (TPSA) is 114 Å². The molecule has 188 valence electrons. The molecule has 1 saturated heterocycles. The van der Waals surface area contributed by atoms with E-state index in [9.17, 15) is 18.8 Å². The Morgan fingerprint density at radius 2 is 1.94 bits per heavy atom. The Morgan fingerprint density at radius 1 is 1.19 bits per heavy atom. The van der Waals surface area contributed by atoms with E-state index in [4.69, 9.17) is 21.0 Å². The van der Waals surface area contributed by atoms with Crippen molar-refractivity contribution in [3.8, 4) is 11.3 Å². The summed E-state index contributed by atoms with van der Waals surface area (Å²) in [6, 6.07) is 10.9. The van der Waals surface area contributed by atoms with Crippen molar-refractivity contribution in [1.29, 1.82) is 0 Å². The van der Waals surface area contributed by atoms with Crippen LogP contribution in [0.2, 0.25) is 0 Å². The average Bonchev–Trinajstić information content (AvgIpc) is 3.57. The summed E-state index contributed by atoms with van der Waals surface area (Å²) in [5.74, 6) is -2.07. The first-order chi connectivity index (χ1) is 17.3.